The molecule has 1 amide bonds. The zero-order chi connectivity index (χ0) is 12.6. The molecule has 0 bridgehead atoms. The van der Waals surface area contributed by atoms with E-state index in [-0.39, 0.29) is 5.91 Å². The molecule has 0 atom stereocenters. The molecule has 16 heavy (non-hydrogen) atoms. The van der Waals surface area contributed by atoms with E-state index in [0.717, 1.165) is 6.42 Å². The van der Waals surface area contributed by atoms with Crippen LogP contribution in [0.25, 0.3) is 0 Å². The summed E-state index contributed by atoms with van der Waals surface area (Å²) >= 11 is 0. The summed E-state index contributed by atoms with van der Waals surface area (Å²) in [6.07, 6.45) is 3.21. The van der Waals surface area contributed by atoms with E-state index >= 15 is 0 Å². The summed E-state index contributed by atoms with van der Waals surface area (Å²) in [6.45, 7) is 5.22. The number of nitrogens with zero attached hydrogens (tertiary/aromatic N) is 1. The molecule has 0 aromatic carbocycles. The van der Waals surface area contributed by atoms with Gasteiger partial charge in [0.05, 0.1) is 6.26 Å². The second-order valence-electron chi connectivity index (χ2n) is 3.71. The predicted molar refractivity (Wildman–Crippen MR) is 64.6 cm³/mol. The highest BCUT2D eigenvalue weighted by Gasteiger charge is 2.13. The van der Waals surface area contributed by atoms with Crippen LogP contribution in [0.4, 0.5) is 0 Å². The number of carbonyl (C=O) groups is 1. The lowest BCUT2D eigenvalue weighted by Crippen LogP contribution is -2.33. The van der Waals surface area contributed by atoms with Crippen LogP contribution in [0.1, 0.15) is 33.1 Å². The van der Waals surface area contributed by atoms with Crippen molar-refractivity contribution in [2.45, 2.75) is 33.1 Å². The smallest absolute Gasteiger partial charge is 0.219 e. The summed E-state index contributed by atoms with van der Waals surface area (Å²) in [6, 6.07) is 0. The molecule has 0 saturated heterocycles. The van der Waals surface area contributed by atoms with Crippen molar-refractivity contribution >= 4 is 15.9 Å². The van der Waals surface area contributed by atoms with Crippen molar-refractivity contribution in [1.29, 1.82) is 0 Å². The molecular weight excluding hydrogens is 228 g/mol. The largest absolute Gasteiger partial charge is 0.356 e. The third kappa shape index (κ3) is 6.79. The van der Waals surface area contributed by atoms with Gasteiger partial charge in [-0.2, -0.15) is 0 Å². The van der Waals surface area contributed by atoms with E-state index in [0.29, 0.717) is 32.5 Å². The summed E-state index contributed by atoms with van der Waals surface area (Å²) in [7, 11) is -3.11. The van der Waals surface area contributed by atoms with Crippen LogP contribution in [0.3, 0.4) is 0 Å². The fourth-order valence-electron chi connectivity index (χ4n) is 1.36. The van der Waals surface area contributed by atoms with Crippen LogP contribution in [0.15, 0.2) is 0 Å². The molecule has 0 rings (SSSR count). The normalized spacial score (nSPS) is 11.8. The SMILES string of the molecule is CCCC(=O)NCCCN(CC)S(C)(=O)=O. The summed E-state index contributed by atoms with van der Waals surface area (Å²) < 4.78 is 23.9. The average Bonchev–Trinajstić information content (AvgIpc) is 2.16. The number of hydrogen-bond donors (Lipinski definition) is 1. The first kappa shape index (κ1) is 15.4. The molecule has 0 aromatic heterocycles. The molecule has 0 radical (unpaired) electrons. The van der Waals surface area contributed by atoms with Crippen LogP contribution >= 0.6 is 0 Å². The molecule has 1 N–H and O–H groups in total. The molecule has 96 valence electrons. The standard InChI is InChI=1S/C10H22N2O3S/c1-4-7-10(13)11-8-6-9-12(5-2)16(3,14)15/h4-9H2,1-3H3,(H,11,13). The van der Waals surface area contributed by atoms with Crippen LogP contribution in [0, 0.1) is 0 Å². The maximum Gasteiger partial charge on any atom is 0.219 e. The van der Waals surface area contributed by atoms with Gasteiger partial charge in [0, 0.05) is 26.1 Å². The van der Waals surface area contributed by atoms with Gasteiger partial charge in [0.25, 0.3) is 0 Å². The van der Waals surface area contributed by atoms with Gasteiger partial charge < -0.3 is 5.32 Å². The number of amides is 1. The van der Waals surface area contributed by atoms with Crippen molar-refractivity contribution in [3.63, 3.8) is 0 Å². The topological polar surface area (TPSA) is 66.5 Å². The minimum absolute atomic E-state index is 0.0323. The van der Waals surface area contributed by atoms with Gasteiger partial charge in [-0.05, 0) is 12.8 Å². The Labute approximate surface area is 98.3 Å². The first-order valence-corrected chi connectivity index (χ1v) is 7.48. The van der Waals surface area contributed by atoms with Gasteiger partial charge in [-0.25, -0.2) is 12.7 Å². The van der Waals surface area contributed by atoms with Crippen LogP contribution in [-0.2, 0) is 14.8 Å². The Bertz CT molecular complexity index is 301. The quantitative estimate of drug-likeness (QED) is 0.641. The Morgan fingerprint density at radius 3 is 2.38 bits per heavy atom. The zero-order valence-electron chi connectivity index (χ0n) is 10.3. The zero-order valence-corrected chi connectivity index (χ0v) is 11.1. The highest BCUT2D eigenvalue weighted by molar-refractivity contribution is 7.88. The second kappa shape index (κ2) is 7.62. The number of sulfonamides is 1. The number of rotatable bonds is 8. The van der Waals surface area contributed by atoms with Crippen molar-refractivity contribution in [3.8, 4) is 0 Å². The summed E-state index contributed by atoms with van der Waals surface area (Å²) in [5.74, 6) is 0.0323. The van der Waals surface area contributed by atoms with Gasteiger partial charge in [-0.3, -0.25) is 4.79 Å². The van der Waals surface area contributed by atoms with E-state index in [1.807, 2.05) is 6.92 Å². The Kier molecular flexibility index (Phi) is 7.33. The lowest BCUT2D eigenvalue weighted by atomic mass is 10.3. The molecule has 0 spiro atoms. The van der Waals surface area contributed by atoms with Gasteiger partial charge in [-0.1, -0.05) is 13.8 Å². The molecule has 0 fully saturated rings. The van der Waals surface area contributed by atoms with E-state index in [9.17, 15) is 13.2 Å². The molecule has 0 aliphatic heterocycles. The highest BCUT2D eigenvalue weighted by atomic mass is 32.2. The number of carbonyl (C=O) groups excluding carboxylic acids is 1. The Balaban J connectivity index is 3.77. The Hall–Kier alpha value is -0.620. The summed E-state index contributed by atoms with van der Waals surface area (Å²) in [4.78, 5) is 11.1. The van der Waals surface area contributed by atoms with Crippen LogP contribution in [0.5, 0.6) is 0 Å². The van der Waals surface area contributed by atoms with E-state index in [1.165, 1.54) is 10.6 Å². The lowest BCUT2D eigenvalue weighted by molar-refractivity contribution is -0.121. The van der Waals surface area contributed by atoms with Gasteiger partial charge in [0.15, 0.2) is 0 Å². The van der Waals surface area contributed by atoms with Crippen LogP contribution < -0.4 is 5.32 Å². The molecule has 0 aliphatic rings. The summed E-state index contributed by atoms with van der Waals surface area (Å²) in [5, 5.41) is 2.75. The number of nitrogens with one attached hydrogen (secondary N) is 1. The predicted octanol–water partition coefficient (Wildman–Crippen LogP) is 0.574. The van der Waals surface area contributed by atoms with Gasteiger partial charge >= 0.3 is 0 Å². The van der Waals surface area contributed by atoms with E-state index in [1.54, 1.807) is 6.92 Å². The molecule has 0 saturated carbocycles. The van der Waals surface area contributed by atoms with Crippen molar-refractivity contribution in [1.82, 2.24) is 9.62 Å². The van der Waals surface area contributed by atoms with Gasteiger partial charge in [-0.15, -0.1) is 0 Å². The molecule has 0 aromatic rings. The van der Waals surface area contributed by atoms with E-state index in [4.69, 9.17) is 0 Å². The Morgan fingerprint density at radius 1 is 1.31 bits per heavy atom. The fourth-order valence-corrected chi connectivity index (χ4v) is 2.29. The molecule has 5 nitrogen and oxygen atoms in total. The van der Waals surface area contributed by atoms with Crippen molar-refractivity contribution in [2.75, 3.05) is 25.9 Å². The molecule has 6 heteroatoms. The van der Waals surface area contributed by atoms with Crippen LogP contribution in [-0.4, -0.2) is 44.5 Å². The lowest BCUT2D eigenvalue weighted by Gasteiger charge is -2.17. The van der Waals surface area contributed by atoms with Crippen molar-refractivity contribution in [2.24, 2.45) is 0 Å². The third-order valence-electron chi connectivity index (χ3n) is 2.21. The van der Waals surface area contributed by atoms with E-state index < -0.39 is 10.0 Å². The molecular formula is C10H22N2O3S. The Morgan fingerprint density at radius 2 is 1.94 bits per heavy atom. The molecule has 0 unspecified atom stereocenters. The monoisotopic (exact) mass is 250 g/mol. The molecule has 0 heterocycles. The van der Waals surface area contributed by atoms with Gasteiger partial charge in [0.1, 0.15) is 0 Å². The molecule has 0 aliphatic carbocycles. The van der Waals surface area contributed by atoms with Crippen molar-refractivity contribution in [3.05, 3.63) is 0 Å². The minimum Gasteiger partial charge on any atom is -0.356 e. The first-order chi connectivity index (χ1) is 7.41. The van der Waals surface area contributed by atoms with Gasteiger partial charge in [0.2, 0.25) is 15.9 Å². The number of hydrogen-bond acceptors (Lipinski definition) is 3. The fraction of sp³-hybridized carbons (Fsp3) is 0.900. The minimum atomic E-state index is -3.11. The maximum absolute atomic E-state index is 11.2. The summed E-state index contributed by atoms with van der Waals surface area (Å²) in [5.41, 5.74) is 0. The van der Waals surface area contributed by atoms with Crippen LogP contribution in [0.2, 0.25) is 0 Å². The second-order valence-corrected chi connectivity index (χ2v) is 5.69. The highest BCUT2D eigenvalue weighted by Crippen LogP contribution is 1.98. The average molecular weight is 250 g/mol. The first-order valence-electron chi connectivity index (χ1n) is 5.63. The maximum atomic E-state index is 11.2. The third-order valence-corrected chi connectivity index (χ3v) is 3.58. The van der Waals surface area contributed by atoms with E-state index in [2.05, 4.69) is 5.32 Å². The van der Waals surface area contributed by atoms with Crippen molar-refractivity contribution < 1.29 is 13.2 Å².